The molecule has 1 amide bonds. The molecule has 0 aliphatic carbocycles. The van der Waals surface area contributed by atoms with E-state index < -0.39 is 5.97 Å². The van der Waals surface area contributed by atoms with Crippen molar-refractivity contribution in [2.24, 2.45) is 11.8 Å². The Morgan fingerprint density at radius 1 is 1.32 bits per heavy atom. The van der Waals surface area contributed by atoms with Crippen molar-refractivity contribution in [3.05, 3.63) is 33.8 Å². The number of aliphatic carboxylic acids is 1. The highest BCUT2D eigenvalue weighted by Gasteiger charge is 2.32. The molecule has 2 unspecified atom stereocenters. The van der Waals surface area contributed by atoms with Gasteiger partial charge < -0.3 is 10.0 Å². The van der Waals surface area contributed by atoms with Crippen molar-refractivity contribution >= 4 is 35.1 Å². The zero-order valence-electron chi connectivity index (χ0n) is 12.4. The topological polar surface area (TPSA) is 57.6 Å². The molecule has 1 aromatic carbocycles. The van der Waals surface area contributed by atoms with Crippen molar-refractivity contribution in [3.63, 3.8) is 0 Å². The Morgan fingerprint density at radius 3 is 2.64 bits per heavy atom. The Balaban J connectivity index is 1.88. The van der Waals surface area contributed by atoms with Crippen LogP contribution in [0.1, 0.15) is 25.3 Å². The number of carboxylic acid groups (broad SMARTS) is 1. The number of carbonyl (C=O) groups is 2. The van der Waals surface area contributed by atoms with Gasteiger partial charge in [0.15, 0.2) is 0 Å². The molecule has 0 saturated carbocycles. The average molecular weight is 344 g/mol. The minimum absolute atomic E-state index is 0.0137. The number of amides is 1. The fourth-order valence-electron chi connectivity index (χ4n) is 2.84. The summed E-state index contributed by atoms with van der Waals surface area (Å²) in [6, 6.07) is 5.36. The molecule has 2 rings (SSSR count). The molecular formula is C16H19Cl2NO3. The van der Waals surface area contributed by atoms with Crippen LogP contribution in [0.5, 0.6) is 0 Å². The number of hydrogen-bond donors (Lipinski definition) is 1. The summed E-state index contributed by atoms with van der Waals surface area (Å²) in [5.41, 5.74) is 0.969. The molecule has 1 aliphatic heterocycles. The zero-order chi connectivity index (χ0) is 16.3. The molecule has 1 aliphatic rings. The van der Waals surface area contributed by atoms with Crippen LogP contribution in [0, 0.1) is 11.8 Å². The van der Waals surface area contributed by atoms with Gasteiger partial charge >= 0.3 is 5.97 Å². The highest BCUT2D eigenvalue weighted by molar-refractivity contribution is 6.42. The highest BCUT2D eigenvalue weighted by atomic mass is 35.5. The Hall–Kier alpha value is -1.26. The van der Waals surface area contributed by atoms with Crippen LogP contribution < -0.4 is 0 Å². The number of carboxylic acids is 1. The lowest BCUT2D eigenvalue weighted by molar-refractivity contribution is -0.148. The lowest BCUT2D eigenvalue weighted by Crippen LogP contribution is -2.45. The van der Waals surface area contributed by atoms with Crippen LogP contribution in [-0.4, -0.2) is 35.0 Å². The maximum absolute atomic E-state index is 12.3. The molecule has 1 saturated heterocycles. The number of aryl methyl sites for hydroxylation is 1. The molecular weight excluding hydrogens is 325 g/mol. The first-order valence-electron chi connectivity index (χ1n) is 7.33. The van der Waals surface area contributed by atoms with Gasteiger partial charge in [0, 0.05) is 19.5 Å². The number of rotatable bonds is 4. The van der Waals surface area contributed by atoms with Gasteiger partial charge in [-0.15, -0.1) is 0 Å². The molecule has 0 spiro atoms. The van der Waals surface area contributed by atoms with Gasteiger partial charge in [0.2, 0.25) is 5.91 Å². The van der Waals surface area contributed by atoms with Crippen LogP contribution in [0.2, 0.25) is 10.0 Å². The number of nitrogens with zero attached hydrogens (tertiary/aromatic N) is 1. The van der Waals surface area contributed by atoms with E-state index in [0.29, 0.717) is 42.4 Å². The molecule has 1 fully saturated rings. The monoisotopic (exact) mass is 343 g/mol. The van der Waals surface area contributed by atoms with Crippen LogP contribution in [-0.2, 0) is 16.0 Å². The highest BCUT2D eigenvalue weighted by Crippen LogP contribution is 2.25. The summed E-state index contributed by atoms with van der Waals surface area (Å²) in [7, 11) is 0. The maximum Gasteiger partial charge on any atom is 0.306 e. The van der Waals surface area contributed by atoms with Gasteiger partial charge in [-0.1, -0.05) is 36.2 Å². The van der Waals surface area contributed by atoms with E-state index in [2.05, 4.69) is 0 Å². The van der Waals surface area contributed by atoms with Crippen molar-refractivity contribution in [2.75, 3.05) is 13.1 Å². The van der Waals surface area contributed by atoms with E-state index in [1.165, 1.54) is 0 Å². The summed E-state index contributed by atoms with van der Waals surface area (Å²) in [6.45, 7) is 2.91. The van der Waals surface area contributed by atoms with E-state index in [0.717, 1.165) is 5.56 Å². The van der Waals surface area contributed by atoms with E-state index in [9.17, 15) is 9.59 Å². The van der Waals surface area contributed by atoms with Crippen LogP contribution in [0.3, 0.4) is 0 Å². The summed E-state index contributed by atoms with van der Waals surface area (Å²) < 4.78 is 0. The molecule has 1 N–H and O–H groups in total. The van der Waals surface area contributed by atoms with Gasteiger partial charge in [0.1, 0.15) is 0 Å². The molecule has 1 heterocycles. The molecule has 6 heteroatoms. The van der Waals surface area contributed by atoms with Crippen LogP contribution in [0.25, 0.3) is 0 Å². The first kappa shape index (κ1) is 17.1. The van der Waals surface area contributed by atoms with Gasteiger partial charge in [-0.25, -0.2) is 0 Å². The number of hydrogen-bond acceptors (Lipinski definition) is 2. The fourth-order valence-corrected chi connectivity index (χ4v) is 3.16. The molecule has 22 heavy (non-hydrogen) atoms. The van der Waals surface area contributed by atoms with E-state index in [1.54, 1.807) is 17.0 Å². The first-order chi connectivity index (χ1) is 10.4. The van der Waals surface area contributed by atoms with Gasteiger partial charge in [0.25, 0.3) is 0 Å². The molecule has 0 aromatic heterocycles. The zero-order valence-corrected chi connectivity index (χ0v) is 13.9. The van der Waals surface area contributed by atoms with E-state index >= 15 is 0 Å². The van der Waals surface area contributed by atoms with Gasteiger partial charge in [-0.2, -0.15) is 0 Å². The third kappa shape index (κ3) is 4.14. The third-order valence-corrected chi connectivity index (χ3v) is 4.93. The summed E-state index contributed by atoms with van der Waals surface area (Å²) in [5, 5.41) is 10.1. The second kappa shape index (κ2) is 7.34. The Bertz CT molecular complexity index is 577. The first-order valence-corrected chi connectivity index (χ1v) is 8.08. The van der Waals surface area contributed by atoms with E-state index in [-0.39, 0.29) is 17.7 Å². The number of halogens is 2. The van der Waals surface area contributed by atoms with Crippen molar-refractivity contribution in [2.45, 2.75) is 26.2 Å². The van der Waals surface area contributed by atoms with E-state index in [4.69, 9.17) is 28.3 Å². The minimum atomic E-state index is -0.768. The van der Waals surface area contributed by atoms with Crippen molar-refractivity contribution in [1.29, 1.82) is 0 Å². The number of benzene rings is 1. The minimum Gasteiger partial charge on any atom is -0.481 e. The smallest absolute Gasteiger partial charge is 0.306 e. The molecule has 120 valence electrons. The van der Waals surface area contributed by atoms with E-state index in [1.807, 2.05) is 13.0 Å². The summed E-state index contributed by atoms with van der Waals surface area (Å²) in [5.74, 6) is -1.07. The predicted octanol–water partition coefficient (Wildman–Crippen LogP) is 3.50. The van der Waals surface area contributed by atoms with Gasteiger partial charge in [-0.05, 0) is 36.5 Å². The van der Waals surface area contributed by atoms with Gasteiger partial charge in [0.05, 0.1) is 16.0 Å². The summed E-state index contributed by atoms with van der Waals surface area (Å²) in [4.78, 5) is 25.1. The number of piperidine rings is 1. The second-order valence-corrected chi connectivity index (χ2v) is 6.61. The molecule has 0 bridgehead atoms. The standard InChI is InChI=1S/C16H19Cl2NO3/c1-10-9-19(7-6-12(10)16(21)22)15(20)5-3-11-2-4-13(17)14(18)8-11/h2,4,8,10,12H,3,5-7,9H2,1H3,(H,21,22). The quantitative estimate of drug-likeness (QED) is 0.910. The Kier molecular flexibility index (Phi) is 5.70. The molecule has 4 nitrogen and oxygen atoms in total. The van der Waals surface area contributed by atoms with Crippen molar-refractivity contribution in [1.82, 2.24) is 4.90 Å². The van der Waals surface area contributed by atoms with Crippen LogP contribution in [0.15, 0.2) is 18.2 Å². The second-order valence-electron chi connectivity index (χ2n) is 5.80. The molecule has 1 aromatic rings. The predicted molar refractivity (Wildman–Crippen MR) is 86.3 cm³/mol. The van der Waals surface area contributed by atoms with Crippen molar-refractivity contribution < 1.29 is 14.7 Å². The number of carbonyl (C=O) groups excluding carboxylic acids is 1. The fraction of sp³-hybridized carbons (Fsp3) is 0.500. The number of likely N-dealkylation sites (tertiary alicyclic amines) is 1. The van der Waals surface area contributed by atoms with Crippen molar-refractivity contribution in [3.8, 4) is 0 Å². The molecule has 2 atom stereocenters. The average Bonchev–Trinajstić information content (AvgIpc) is 2.47. The molecule has 0 radical (unpaired) electrons. The van der Waals surface area contributed by atoms with Crippen LogP contribution >= 0.6 is 23.2 Å². The van der Waals surface area contributed by atoms with Crippen LogP contribution in [0.4, 0.5) is 0 Å². The maximum atomic E-state index is 12.3. The van der Waals surface area contributed by atoms with Gasteiger partial charge in [-0.3, -0.25) is 9.59 Å². The SMILES string of the molecule is CC1CN(C(=O)CCc2ccc(Cl)c(Cl)c2)CCC1C(=O)O. The Labute approximate surface area is 140 Å². The lowest BCUT2D eigenvalue weighted by Gasteiger charge is -2.35. The summed E-state index contributed by atoms with van der Waals surface area (Å²) in [6.07, 6.45) is 1.51. The largest absolute Gasteiger partial charge is 0.481 e. The lowest BCUT2D eigenvalue weighted by atomic mass is 9.87. The Morgan fingerprint density at radius 2 is 2.05 bits per heavy atom. The third-order valence-electron chi connectivity index (χ3n) is 4.19. The normalized spacial score (nSPS) is 21.7. The summed E-state index contributed by atoms with van der Waals surface area (Å²) >= 11 is 11.8.